The van der Waals surface area contributed by atoms with Crippen LogP contribution in [0, 0.1) is 0 Å². The molecule has 1 amide bonds. The fraction of sp³-hybridized carbons (Fsp3) is 0.500. The highest BCUT2D eigenvalue weighted by Crippen LogP contribution is 2.36. The number of fused-ring (bicyclic) bond motifs is 1. The number of carbonyl (C=O) groups excluding carboxylic acids is 1. The van der Waals surface area contributed by atoms with E-state index in [4.69, 9.17) is 4.74 Å². The molecule has 3 aliphatic rings. The number of carbonyl (C=O) groups is 1. The predicted octanol–water partition coefficient (Wildman–Crippen LogP) is 2.58. The lowest BCUT2D eigenvalue weighted by Gasteiger charge is -2.54. The summed E-state index contributed by atoms with van der Waals surface area (Å²) in [5, 5.41) is 6.34. The molecule has 0 saturated carbocycles. The van der Waals surface area contributed by atoms with E-state index in [1.807, 2.05) is 22.8 Å². The molecule has 1 spiro atoms. The van der Waals surface area contributed by atoms with Crippen LogP contribution in [0.5, 0.6) is 0 Å². The second-order valence-electron chi connectivity index (χ2n) is 9.39. The van der Waals surface area contributed by atoms with E-state index >= 15 is 0 Å². The predicted molar refractivity (Wildman–Crippen MR) is 124 cm³/mol. The summed E-state index contributed by atoms with van der Waals surface area (Å²) in [4.78, 5) is 28.5. The number of amides is 1. The number of anilines is 1. The number of aromatic nitrogens is 4. The van der Waals surface area contributed by atoms with Crippen LogP contribution in [0.25, 0.3) is 11.2 Å². The third kappa shape index (κ3) is 3.80. The number of hydrogen-bond donors (Lipinski definition) is 2. The zero-order valence-corrected chi connectivity index (χ0v) is 18.6. The highest BCUT2D eigenvalue weighted by Gasteiger charge is 2.45. The van der Waals surface area contributed by atoms with Crippen molar-refractivity contribution in [3.05, 3.63) is 48.5 Å². The first kappa shape index (κ1) is 20.7. The van der Waals surface area contributed by atoms with Crippen LogP contribution in [0.15, 0.2) is 43.0 Å². The molecule has 9 nitrogen and oxygen atoms in total. The van der Waals surface area contributed by atoms with Gasteiger partial charge in [-0.25, -0.2) is 15.0 Å². The van der Waals surface area contributed by atoms with Crippen LogP contribution in [0.3, 0.4) is 0 Å². The first-order chi connectivity index (χ1) is 16.2. The van der Waals surface area contributed by atoms with Crippen LogP contribution in [0.4, 0.5) is 5.82 Å². The van der Waals surface area contributed by atoms with E-state index in [1.165, 1.54) is 25.6 Å². The molecule has 3 fully saturated rings. The number of nitrogens with zero attached hydrogens (tertiary/aromatic N) is 5. The summed E-state index contributed by atoms with van der Waals surface area (Å²) in [6.45, 7) is 4.35. The summed E-state index contributed by atoms with van der Waals surface area (Å²) >= 11 is 0. The normalized spacial score (nSPS) is 24.7. The van der Waals surface area contributed by atoms with Gasteiger partial charge in [-0.3, -0.25) is 14.3 Å². The summed E-state index contributed by atoms with van der Waals surface area (Å²) in [6.07, 6.45) is 9.16. The molecule has 2 N–H and O–H groups in total. The minimum atomic E-state index is -0.219. The first-order valence-electron chi connectivity index (χ1n) is 11.9. The van der Waals surface area contributed by atoms with Gasteiger partial charge in [0.2, 0.25) is 0 Å². The Labute approximate surface area is 192 Å². The molecule has 5 heterocycles. The smallest absolute Gasteiger partial charge is 0.256 e. The average molecular weight is 448 g/mol. The van der Waals surface area contributed by atoms with Crippen LogP contribution in [-0.4, -0.2) is 68.1 Å². The number of ether oxygens (including phenoxy) is 1. The Morgan fingerprint density at radius 3 is 2.85 bits per heavy atom. The molecule has 9 heteroatoms. The van der Waals surface area contributed by atoms with Gasteiger partial charge in [-0.2, -0.15) is 0 Å². The number of benzene rings is 1. The molecule has 172 valence electrons. The van der Waals surface area contributed by atoms with Crippen molar-refractivity contribution in [2.45, 2.75) is 50.0 Å². The fourth-order valence-electron chi connectivity index (χ4n) is 5.45. The molecule has 0 aliphatic carbocycles. The summed E-state index contributed by atoms with van der Waals surface area (Å²) < 4.78 is 8.46. The molecule has 1 aromatic carbocycles. The summed E-state index contributed by atoms with van der Waals surface area (Å²) in [5.74, 6) is 0.193. The van der Waals surface area contributed by atoms with Gasteiger partial charge < -0.3 is 15.4 Å². The van der Waals surface area contributed by atoms with E-state index in [-0.39, 0.29) is 18.2 Å². The summed E-state index contributed by atoms with van der Waals surface area (Å²) in [7, 11) is 0. The maximum absolute atomic E-state index is 12.6. The van der Waals surface area contributed by atoms with Crippen molar-refractivity contribution in [2.75, 3.05) is 31.5 Å². The second-order valence-corrected chi connectivity index (χ2v) is 9.39. The Bertz CT molecular complexity index is 1140. The van der Waals surface area contributed by atoms with Gasteiger partial charge >= 0.3 is 0 Å². The third-order valence-corrected chi connectivity index (χ3v) is 7.35. The van der Waals surface area contributed by atoms with Crippen LogP contribution in [0.1, 0.15) is 48.7 Å². The van der Waals surface area contributed by atoms with E-state index in [0.29, 0.717) is 28.1 Å². The number of nitrogens with one attached hydrogen (secondary N) is 2. The van der Waals surface area contributed by atoms with E-state index in [0.717, 1.165) is 39.0 Å². The quantitative estimate of drug-likeness (QED) is 0.620. The Hall–Kier alpha value is -2.88. The lowest BCUT2D eigenvalue weighted by Crippen LogP contribution is -2.71. The summed E-state index contributed by atoms with van der Waals surface area (Å²) in [5.41, 5.74) is 2.17. The summed E-state index contributed by atoms with van der Waals surface area (Å²) in [6, 6.07) is 9.08. The average Bonchev–Trinajstić information content (AvgIpc) is 3.46. The molecule has 2 unspecified atom stereocenters. The molecule has 0 radical (unpaired) electrons. The van der Waals surface area contributed by atoms with E-state index in [2.05, 4.69) is 30.5 Å². The van der Waals surface area contributed by atoms with Crippen LogP contribution in [0.2, 0.25) is 0 Å². The first-order valence-corrected chi connectivity index (χ1v) is 11.9. The lowest BCUT2D eigenvalue weighted by atomic mass is 9.81. The van der Waals surface area contributed by atoms with E-state index in [1.54, 1.807) is 18.5 Å². The van der Waals surface area contributed by atoms with Gasteiger partial charge in [0.05, 0.1) is 12.4 Å². The maximum atomic E-state index is 12.6. The SMILES string of the molecule is O=C(Nc1ncnc2c1ncn2C1CCC(CN2CCCCC23CNC3)O1)c1ccccc1. The molecule has 2 aromatic heterocycles. The number of imidazole rings is 1. The minimum absolute atomic E-state index is 0.104. The highest BCUT2D eigenvalue weighted by molar-refractivity contribution is 6.06. The van der Waals surface area contributed by atoms with Crippen molar-refractivity contribution in [3.8, 4) is 0 Å². The minimum Gasteiger partial charge on any atom is -0.353 e. The maximum Gasteiger partial charge on any atom is 0.256 e. The molecular formula is C24H29N7O2. The largest absolute Gasteiger partial charge is 0.353 e. The Morgan fingerprint density at radius 1 is 1.15 bits per heavy atom. The third-order valence-electron chi connectivity index (χ3n) is 7.35. The molecule has 6 rings (SSSR count). The van der Waals surface area contributed by atoms with Crippen molar-refractivity contribution in [3.63, 3.8) is 0 Å². The lowest BCUT2D eigenvalue weighted by molar-refractivity contribution is -0.0575. The molecular weight excluding hydrogens is 418 g/mol. The molecule has 0 bridgehead atoms. The Kier molecular flexibility index (Phi) is 5.32. The monoisotopic (exact) mass is 447 g/mol. The van der Waals surface area contributed by atoms with Gasteiger partial charge in [-0.1, -0.05) is 24.6 Å². The van der Waals surface area contributed by atoms with Gasteiger partial charge in [0.25, 0.3) is 5.91 Å². The molecule has 3 aliphatic heterocycles. The molecule has 3 aromatic rings. The van der Waals surface area contributed by atoms with Crippen LogP contribution in [-0.2, 0) is 4.74 Å². The molecule has 2 atom stereocenters. The number of likely N-dealkylation sites (tertiary alicyclic amines) is 1. The van der Waals surface area contributed by atoms with Gasteiger partial charge in [0.15, 0.2) is 17.0 Å². The highest BCUT2D eigenvalue weighted by atomic mass is 16.5. The Morgan fingerprint density at radius 2 is 2.03 bits per heavy atom. The Balaban J connectivity index is 1.17. The van der Waals surface area contributed by atoms with Crippen molar-refractivity contribution in [1.29, 1.82) is 0 Å². The zero-order valence-electron chi connectivity index (χ0n) is 18.6. The fourth-order valence-corrected chi connectivity index (χ4v) is 5.45. The topological polar surface area (TPSA) is 97.2 Å². The number of piperidine rings is 1. The number of hydrogen-bond acceptors (Lipinski definition) is 7. The van der Waals surface area contributed by atoms with Crippen molar-refractivity contribution < 1.29 is 9.53 Å². The van der Waals surface area contributed by atoms with Gasteiger partial charge in [-0.05, 0) is 44.4 Å². The zero-order chi connectivity index (χ0) is 22.3. The van der Waals surface area contributed by atoms with Gasteiger partial charge in [-0.15, -0.1) is 0 Å². The molecule has 33 heavy (non-hydrogen) atoms. The van der Waals surface area contributed by atoms with E-state index in [9.17, 15) is 4.79 Å². The van der Waals surface area contributed by atoms with Crippen LogP contribution < -0.4 is 10.6 Å². The van der Waals surface area contributed by atoms with Gasteiger partial charge in [0, 0.05) is 30.7 Å². The molecule has 3 saturated heterocycles. The van der Waals surface area contributed by atoms with Crippen molar-refractivity contribution in [1.82, 2.24) is 29.7 Å². The van der Waals surface area contributed by atoms with Gasteiger partial charge in [0.1, 0.15) is 12.6 Å². The van der Waals surface area contributed by atoms with E-state index < -0.39 is 0 Å². The standard InChI is InChI=1S/C24H29N7O2/c32-23(17-6-2-1-3-7-17)29-21-20-22(27-15-26-21)31(16-28-20)19-9-8-18(33-19)12-30-11-5-4-10-24(30)13-25-14-24/h1-3,6-7,15-16,18-19,25H,4-5,8-14H2,(H,26,27,29,32). The van der Waals surface area contributed by atoms with Crippen LogP contribution >= 0.6 is 0 Å². The second kappa shape index (κ2) is 8.48. The van der Waals surface area contributed by atoms with Crippen molar-refractivity contribution in [2.24, 2.45) is 0 Å². The van der Waals surface area contributed by atoms with Crippen molar-refractivity contribution >= 4 is 22.9 Å². The number of rotatable bonds is 5.